The zero-order valence-corrected chi connectivity index (χ0v) is 18.4. The number of unbranched alkanes of at least 4 members (excludes halogenated alkanes) is 3. The third-order valence-electron chi connectivity index (χ3n) is 5.11. The van der Waals surface area contributed by atoms with Gasteiger partial charge in [0.2, 0.25) is 5.91 Å². The highest BCUT2D eigenvalue weighted by Gasteiger charge is 2.26. The molecule has 0 unspecified atom stereocenters. The zero-order chi connectivity index (χ0) is 23.3. The Labute approximate surface area is 188 Å². The van der Waals surface area contributed by atoms with Crippen molar-refractivity contribution >= 4 is 11.9 Å². The van der Waals surface area contributed by atoms with Crippen molar-refractivity contribution in [1.82, 2.24) is 10.7 Å². The number of phenols is 2. The third-order valence-corrected chi connectivity index (χ3v) is 5.11. The van der Waals surface area contributed by atoms with E-state index in [1.165, 1.54) is 24.3 Å². The van der Waals surface area contributed by atoms with Crippen molar-refractivity contribution in [3.63, 3.8) is 0 Å². The molecule has 0 aromatic heterocycles. The number of benzene rings is 2. The number of ether oxygens (including phenoxy) is 1. The van der Waals surface area contributed by atoms with Gasteiger partial charge in [-0.05, 0) is 48.2 Å². The van der Waals surface area contributed by atoms with Crippen molar-refractivity contribution in [2.45, 2.75) is 57.5 Å². The van der Waals surface area contributed by atoms with Gasteiger partial charge in [-0.15, -0.1) is 0 Å². The van der Waals surface area contributed by atoms with Crippen LogP contribution in [0.2, 0.25) is 0 Å². The first kappa shape index (κ1) is 25.2. The van der Waals surface area contributed by atoms with E-state index in [1.54, 1.807) is 24.3 Å². The Morgan fingerprint density at radius 1 is 0.875 bits per heavy atom. The molecule has 0 heterocycles. The summed E-state index contributed by atoms with van der Waals surface area (Å²) in [6.45, 7) is 2.40. The molecule has 0 aliphatic heterocycles. The highest BCUT2D eigenvalue weighted by atomic mass is 16.5. The van der Waals surface area contributed by atoms with Gasteiger partial charge in [-0.25, -0.2) is 10.2 Å². The number of nitrogens with two attached hydrogens (primary N) is 1. The summed E-state index contributed by atoms with van der Waals surface area (Å²) in [5.41, 5.74) is 4.06. The van der Waals surface area contributed by atoms with Crippen LogP contribution in [0.1, 0.15) is 43.7 Å². The fraction of sp³-hybridized carbons (Fsp3) is 0.417. The molecular weight excluding hydrogens is 410 g/mol. The van der Waals surface area contributed by atoms with E-state index in [9.17, 15) is 19.8 Å². The van der Waals surface area contributed by atoms with Crippen molar-refractivity contribution in [1.29, 1.82) is 0 Å². The van der Waals surface area contributed by atoms with Gasteiger partial charge >= 0.3 is 5.97 Å². The topological polar surface area (TPSA) is 134 Å². The Hall–Kier alpha value is -3.10. The lowest BCUT2D eigenvalue weighted by atomic mass is 10.0. The maximum atomic E-state index is 12.9. The van der Waals surface area contributed by atoms with E-state index in [0.29, 0.717) is 6.61 Å². The van der Waals surface area contributed by atoms with Crippen LogP contribution in [0.3, 0.4) is 0 Å². The number of nitrogens with one attached hydrogen (secondary N) is 2. The van der Waals surface area contributed by atoms with Crippen molar-refractivity contribution in [2.24, 2.45) is 5.84 Å². The van der Waals surface area contributed by atoms with Crippen LogP contribution in [0.5, 0.6) is 11.5 Å². The van der Waals surface area contributed by atoms with E-state index in [2.05, 4.69) is 17.7 Å². The fourth-order valence-electron chi connectivity index (χ4n) is 3.23. The molecular formula is C24H33N3O5. The van der Waals surface area contributed by atoms with Crippen LogP contribution in [0.4, 0.5) is 0 Å². The van der Waals surface area contributed by atoms with Gasteiger partial charge in [0, 0.05) is 6.42 Å². The predicted octanol–water partition coefficient (Wildman–Crippen LogP) is 2.32. The van der Waals surface area contributed by atoms with E-state index >= 15 is 0 Å². The average Bonchev–Trinajstić information content (AvgIpc) is 2.79. The van der Waals surface area contributed by atoms with E-state index in [0.717, 1.165) is 36.8 Å². The molecule has 1 amide bonds. The van der Waals surface area contributed by atoms with E-state index in [4.69, 9.17) is 10.6 Å². The van der Waals surface area contributed by atoms with Gasteiger partial charge < -0.3 is 20.3 Å². The number of hydrogen-bond donors (Lipinski definition) is 5. The van der Waals surface area contributed by atoms with E-state index < -0.39 is 24.0 Å². The quantitative estimate of drug-likeness (QED) is 0.139. The predicted molar refractivity (Wildman–Crippen MR) is 122 cm³/mol. The summed E-state index contributed by atoms with van der Waals surface area (Å²) in [5, 5.41) is 21.7. The molecule has 8 heteroatoms. The number of aromatic hydroxyl groups is 2. The molecule has 0 spiro atoms. The molecule has 8 nitrogen and oxygen atoms in total. The van der Waals surface area contributed by atoms with Crippen LogP contribution in [-0.2, 0) is 27.2 Å². The molecule has 2 atom stereocenters. The second-order valence-corrected chi connectivity index (χ2v) is 7.75. The number of hydrogen-bond acceptors (Lipinski definition) is 7. The molecule has 2 aromatic rings. The largest absolute Gasteiger partial charge is 0.508 e. The van der Waals surface area contributed by atoms with Crippen molar-refractivity contribution in [2.75, 3.05) is 6.61 Å². The number of esters is 1. The first-order valence-corrected chi connectivity index (χ1v) is 10.9. The summed E-state index contributed by atoms with van der Waals surface area (Å²) >= 11 is 0. The Bertz CT molecular complexity index is 840. The minimum Gasteiger partial charge on any atom is -0.508 e. The second-order valence-electron chi connectivity index (χ2n) is 7.75. The van der Waals surface area contributed by atoms with Gasteiger partial charge in [0.25, 0.3) is 0 Å². The molecule has 0 saturated carbocycles. The lowest BCUT2D eigenvalue weighted by Gasteiger charge is -2.22. The molecule has 0 aliphatic rings. The lowest BCUT2D eigenvalue weighted by molar-refractivity contribution is -0.148. The molecule has 0 fully saturated rings. The number of carbonyl (C=O) groups excluding carboxylic acids is 2. The first-order valence-electron chi connectivity index (χ1n) is 10.9. The van der Waals surface area contributed by atoms with Gasteiger partial charge in [-0.3, -0.25) is 10.6 Å². The molecule has 0 radical (unpaired) electrons. The zero-order valence-electron chi connectivity index (χ0n) is 18.4. The van der Waals surface area contributed by atoms with Gasteiger partial charge in [0.15, 0.2) is 0 Å². The Balaban J connectivity index is 2.04. The normalized spacial score (nSPS) is 12.7. The summed E-state index contributed by atoms with van der Waals surface area (Å²) in [6.07, 6.45) is 4.41. The van der Waals surface area contributed by atoms with Gasteiger partial charge in [-0.1, -0.05) is 50.5 Å². The fourth-order valence-corrected chi connectivity index (χ4v) is 3.23. The number of phenolic OH excluding ortho intramolecular Hbond substituents is 2. The smallest absolute Gasteiger partial charge is 0.328 e. The number of hydrazine groups is 1. The van der Waals surface area contributed by atoms with Crippen molar-refractivity contribution in [3.05, 3.63) is 59.7 Å². The Morgan fingerprint density at radius 2 is 1.41 bits per heavy atom. The molecule has 6 N–H and O–H groups in total. The molecule has 32 heavy (non-hydrogen) atoms. The Morgan fingerprint density at radius 3 is 1.91 bits per heavy atom. The van der Waals surface area contributed by atoms with Crippen LogP contribution in [-0.4, -0.2) is 40.8 Å². The average molecular weight is 444 g/mol. The van der Waals surface area contributed by atoms with Gasteiger partial charge in [0.1, 0.15) is 23.6 Å². The summed E-state index contributed by atoms with van der Waals surface area (Å²) in [5.74, 6) is 4.90. The van der Waals surface area contributed by atoms with Crippen molar-refractivity contribution < 1.29 is 24.5 Å². The minimum absolute atomic E-state index is 0.120. The van der Waals surface area contributed by atoms with E-state index in [-0.39, 0.29) is 24.3 Å². The molecule has 0 aliphatic carbocycles. The monoisotopic (exact) mass is 443 g/mol. The van der Waals surface area contributed by atoms with Gasteiger partial charge in [-0.2, -0.15) is 0 Å². The maximum absolute atomic E-state index is 12.9. The molecule has 2 aromatic carbocycles. The third kappa shape index (κ3) is 8.56. The van der Waals surface area contributed by atoms with E-state index in [1.807, 2.05) is 0 Å². The highest BCUT2D eigenvalue weighted by molar-refractivity contribution is 5.88. The van der Waals surface area contributed by atoms with Crippen LogP contribution >= 0.6 is 0 Å². The van der Waals surface area contributed by atoms with Gasteiger partial charge in [0.05, 0.1) is 6.61 Å². The summed E-state index contributed by atoms with van der Waals surface area (Å²) in [6, 6.07) is 11.2. The summed E-state index contributed by atoms with van der Waals surface area (Å²) < 4.78 is 5.41. The molecule has 0 bridgehead atoms. The second kappa shape index (κ2) is 13.3. The maximum Gasteiger partial charge on any atom is 0.328 e. The lowest BCUT2D eigenvalue weighted by Crippen LogP contribution is -2.53. The standard InChI is InChI=1S/C24H33N3O5/c1-2-3-4-5-14-32-24(31)22(16-18-8-12-20(29)13-9-18)26-23(30)21(27-25)15-17-6-10-19(28)11-7-17/h6-13,21-22,27-29H,2-5,14-16,25H2,1H3,(H,26,30)/t21-,22-/m0/s1. The van der Waals surface area contributed by atoms with Crippen LogP contribution in [0.25, 0.3) is 0 Å². The van der Waals surface area contributed by atoms with Crippen LogP contribution < -0.4 is 16.6 Å². The van der Waals surface area contributed by atoms with Crippen molar-refractivity contribution in [3.8, 4) is 11.5 Å². The minimum atomic E-state index is -0.895. The number of rotatable bonds is 13. The molecule has 2 rings (SSSR count). The number of carbonyl (C=O) groups is 2. The summed E-state index contributed by atoms with van der Waals surface area (Å²) in [4.78, 5) is 25.6. The van der Waals surface area contributed by atoms with Crippen LogP contribution in [0, 0.1) is 0 Å². The number of amides is 1. The van der Waals surface area contributed by atoms with Crippen LogP contribution in [0.15, 0.2) is 48.5 Å². The first-order chi connectivity index (χ1) is 15.4. The SMILES string of the molecule is CCCCCCOC(=O)[C@H](Cc1ccc(O)cc1)NC(=O)[C@H](Cc1ccc(O)cc1)NN. The molecule has 0 saturated heterocycles. The highest BCUT2D eigenvalue weighted by Crippen LogP contribution is 2.14. The Kier molecular flexibility index (Phi) is 10.5. The molecule has 174 valence electrons. The summed E-state index contributed by atoms with van der Waals surface area (Å²) in [7, 11) is 0.